The van der Waals surface area contributed by atoms with Gasteiger partial charge in [0, 0.05) is 4.47 Å². The monoisotopic (exact) mass is 296 g/mol. The minimum absolute atomic E-state index is 0.00620. The molecular weight excluding hydrogens is 280 g/mol. The SMILES string of the molecule is CCOC(=O)C1C[C@H]1CCc1ccc(Br)cc1. The van der Waals surface area contributed by atoms with Crippen LogP contribution < -0.4 is 0 Å². The number of hydrogen-bond acceptors (Lipinski definition) is 2. The van der Waals surface area contributed by atoms with Gasteiger partial charge in [-0.25, -0.2) is 0 Å². The van der Waals surface area contributed by atoms with Gasteiger partial charge in [-0.15, -0.1) is 0 Å². The van der Waals surface area contributed by atoms with E-state index in [1.54, 1.807) is 0 Å². The zero-order chi connectivity index (χ0) is 12.3. The van der Waals surface area contributed by atoms with Gasteiger partial charge in [0.1, 0.15) is 0 Å². The summed E-state index contributed by atoms with van der Waals surface area (Å²) in [5.41, 5.74) is 1.34. The second-order valence-corrected chi connectivity index (χ2v) is 5.44. The maximum Gasteiger partial charge on any atom is 0.309 e. The highest BCUT2D eigenvalue weighted by Crippen LogP contribution is 2.42. The predicted molar refractivity (Wildman–Crippen MR) is 70.7 cm³/mol. The average molecular weight is 297 g/mol. The molecule has 0 bridgehead atoms. The maximum atomic E-state index is 11.4. The Labute approximate surface area is 110 Å². The molecule has 17 heavy (non-hydrogen) atoms. The smallest absolute Gasteiger partial charge is 0.309 e. The van der Waals surface area contributed by atoms with Crippen LogP contribution >= 0.6 is 15.9 Å². The van der Waals surface area contributed by atoms with Gasteiger partial charge in [-0.1, -0.05) is 28.1 Å². The number of halogens is 1. The summed E-state index contributed by atoms with van der Waals surface area (Å²) in [5, 5.41) is 0. The van der Waals surface area contributed by atoms with Gasteiger partial charge < -0.3 is 4.74 Å². The lowest BCUT2D eigenvalue weighted by molar-refractivity contribution is -0.145. The van der Waals surface area contributed by atoms with Crippen LogP contribution in [0.2, 0.25) is 0 Å². The van der Waals surface area contributed by atoms with Crippen molar-refractivity contribution in [1.29, 1.82) is 0 Å². The first-order valence-corrected chi connectivity index (χ1v) is 6.91. The summed E-state index contributed by atoms with van der Waals surface area (Å²) in [4.78, 5) is 11.4. The van der Waals surface area contributed by atoms with E-state index >= 15 is 0 Å². The molecule has 0 aromatic heterocycles. The molecule has 1 aromatic carbocycles. The van der Waals surface area contributed by atoms with E-state index in [0.29, 0.717) is 12.5 Å². The number of hydrogen-bond donors (Lipinski definition) is 0. The van der Waals surface area contributed by atoms with Crippen LogP contribution in [0, 0.1) is 11.8 Å². The van der Waals surface area contributed by atoms with Crippen molar-refractivity contribution in [2.75, 3.05) is 6.61 Å². The number of ether oxygens (including phenoxy) is 1. The van der Waals surface area contributed by atoms with Gasteiger partial charge in [0.15, 0.2) is 0 Å². The second kappa shape index (κ2) is 5.67. The summed E-state index contributed by atoms with van der Waals surface area (Å²) in [7, 11) is 0. The van der Waals surface area contributed by atoms with Gasteiger partial charge in [0.25, 0.3) is 0 Å². The zero-order valence-corrected chi connectivity index (χ0v) is 11.6. The number of esters is 1. The minimum Gasteiger partial charge on any atom is -0.466 e. The molecule has 1 aliphatic carbocycles. The van der Waals surface area contributed by atoms with Gasteiger partial charge in [0.05, 0.1) is 12.5 Å². The van der Waals surface area contributed by atoms with Crippen molar-refractivity contribution in [3.05, 3.63) is 34.3 Å². The molecule has 0 heterocycles. The first-order chi connectivity index (χ1) is 8.20. The largest absolute Gasteiger partial charge is 0.466 e. The Morgan fingerprint density at radius 3 is 2.76 bits per heavy atom. The molecule has 1 unspecified atom stereocenters. The van der Waals surface area contributed by atoms with Crippen LogP contribution in [0.5, 0.6) is 0 Å². The molecule has 0 N–H and O–H groups in total. The third-order valence-electron chi connectivity index (χ3n) is 3.23. The maximum absolute atomic E-state index is 11.4. The van der Waals surface area contributed by atoms with Crippen molar-refractivity contribution in [2.45, 2.75) is 26.2 Å². The van der Waals surface area contributed by atoms with Crippen molar-refractivity contribution in [3.8, 4) is 0 Å². The van der Waals surface area contributed by atoms with Crippen LogP contribution in [0.25, 0.3) is 0 Å². The molecule has 1 aliphatic rings. The molecule has 0 saturated heterocycles. The lowest BCUT2D eigenvalue weighted by Crippen LogP contribution is -2.07. The third kappa shape index (κ3) is 3.56. The van der Waals surface area contributed by atoms with E-state index in [1.165, 1.54) is 5.56 Å². The number of aryl methyl sites for hydroxylation is 1. The van der Waals surface area contributed by atoms with Gasteiger partial charge in [-0.05, 0) is 49.8 Å². The highest BCUT2D eigenvalue weighted by atomic mass is 79.9. The molecule has 3 heteroatoms. The Bertz CT molecular complexity index is 386. The van der Waals surface area contributed by atoms with E-state index in [-0.39, 0.29) is 11.9 Å². The van der Waals surface area contributed by atoms with Crippen LogP contribution in [0.15, 0.2) is 28.7 Å². The molecule has 1 saturated carbocycles. The van der Waals surface area contributed by atoms with E-state index in [1.807, 2.05) is 6.92 Å². The summed E-state index contributed by atoms with van der Waals surface area (Å²) < 4.78 is 6.13. The summed E-state index contributed by atoms with van der Waals surface area (Å²) in [6.45, 7) is 2.35. The summed E-state index contributed by atoms with van der Waals surface area (Å²) in [5.74, 6) is 0.705. The Hall–Kier alpha value is -0.830. The molecule has 2 nitrogen and oxygen atoms in total. The van der Waals surface area contributed by atoms with Crippen LogP contribution in [0.1, 0.15) is 25.3 Å². The molecule has 0 radical (unpaired) electrons. The second-order valence-electron chi connectivity index (χ2n) is 4.52. The van der Waals surface area contributed by atoms with Crippen molar-refractivity contribution in [1.82, 2.24) is 0 Å². The average Bonchev–Trinajstić information content (AvgIpc) is 3.08. The first kappa shape index (κ1) is 12.6. The quantitative estimate of drug-likeness (QED) is 0.776. The highest BCUT2D eigenvalue weighted by molar-refractivity contribution is 9.10. The molecule has 1 aromatic rings. The summed E-state index contributed by atoms with van der Waals surface area (Å²) in [6, 6.07) is 8.38. The van der Waals surface area contributed by atoms with Crippen LogP contribution in [-0.4, -0.2) is 12.6 Å². The fourth-order valence-electron chi connectivity index (χ4n) is 2.11. The van der Waals surface area contributed by atoms with Gasteiger partial charge >= 0.3 is 5.97 Å². The van der Waals surface area contributed by atoms with Crippen molar-refractivity contribution in [3.63, 3.8) is 0 Å². The van der Waals surface area contributed by atoms with Crippen molar-refractivity contribution >= 4 is 21.9 Å². The van der Waals surface area contributed by atoms with Crippen LogP contribution in [-0.2, 0) is 16.0 Å². The first-order valence-electron chi connectivity index (χ1n) is 6.11. The summed E-state index contributed by atoms with van der Waals surface area (Å²) in [6.07, 6.45) is 3.15. The summed E-state index contributed by atoms with van der Waals surface area (Å²) >= 11 is 3.42. The van der Waals surface area contributed by atoms with Crippen LogP contribution in [0.3, 0.4) is 0 Å². The number of carbonyl (C=O) groups excluding carboxylic acids is 1. The number of carbonyl (C=O) groups is 1. The molecule has 0 aliphatic heterocycles. The molecule has 0 spiro atoms. The van der Waals surface area contributed by atoms with Crippen LogP contribution in [0.4, 0.5) is 0 Å². The lowest BCUT2D eigenvalue weighted by Gasteiger charge is -2.02. The van der Waals surface area contributed by atoms with E-state index in [9.17, 15) is 4.79 Å². The molecule has 2 atom stereocenters. The minimum atomic E-state index is -0.00620. The van der Waals surface area contributed by atoms with E-state index in [0.717, 1.165) is 23.7 Å². The number of rotatable bonds is 5. The van der Waals surface area contributed by atoms with E-state index in [4.69, 9.17) is 4.74 Å². The Balaban J connectivity index is 1.74. The fraction of sp³-hybridized carbons (Fsp3) is 0.500. The molecule has 92 valence electrons. The standard InChI is InChI=1S/C14H17BrO2/c1-2-17-14(16)13-9-11(13)6-3-10-4-7-12(15)8-5-10/h4-5,7-8,11,13H,2-3,6,9H2,1H3/t11-,13?/m1/s1. The predicted octanol–water partition coefficient (Wildman–Crippen LogP) is 3.58. The van der Waals surface area contributed by atoms with Gasteiger partial charge in [0.2, 0.25) is 0 Å². The molecule has 0 amide bonds. The Morgan fingerprint density at radius 1 is 1.41 bits per heavy atom. The van der Waals surface area contributed by atoms with Crippen molar-refractivity contribution < 1.29 is 9.53 Å². The number of benzene rings is 1. The Morgan fingerprint density at radius 2 is 2.12 bits per heavy atom. The molecular formula is C14H17BrO2. The Kier molecular flexibility index (Phi) is 4.21. The van der Waals surface area contributed by atoms with Crippen molar-refractivity contribution in [2.24, 2.45) is 11.8 Å². The topological polar surface area (TPSA) is 26.3 Å². The van der Waals surface area contributed by atoms with Gasteiger partial charge in [-0.2, -0.15) is 0 Å². The molecule has 1 fully saturated rings. The zero-order valence-electron chi connectivity index (χ0n) is 9.99. The van der Waals surface area contributed by atoms with E-state index < -0.39 is 0 Å². The lowest BCUT2D eigenvalue weighted by atomic mass is 10.1. The van der Waals surface area contributed by atoms with E-state index in [2.05, 4.69) is 40.2 Å². The molecule has 2 rings (SSSR count). The fourth-order valence-corrected chi connectivity index (χ4v) is 2.37. The third-order valence-corrected chi connectivity index (χ3v) is 3.76. The normalized spacial score (nSPS) is 22.2. The highest BCUT2D eigenvalue weighted by Gasteiger charge is 2.43. The van der Waals surface area contributed by atoms with Gasteiger partial charge in [-0.3, -0.25) is 4.79 Å².